The Bertz CT molecular complexity index is 603. The van der Waals surface area contributed by atoms with E-state index in [-0.39, 0.29) is 0 Å². The summed E-state index contributed by atoms with van der Waals surface area (Å²) in [6.07, 6.45) is 4.32. The van der Waals surface area contributed by atoms with Gasteiger partial charge in [-0.2, -0.15) is 5.10 Å². The third-order valence-electron chi connectivity index (χ3n) is 3.28. The standard InChI is InChI=1S/C14H17N3O2/c1-17-14(15)11(8-16-17)9-3-6-12(18-2)13(7-9)19-10-4-5-10/h3,6-8,10H,4-5,15H2,1-2H3. The van der Waals surface area contributed by atoms with E-state index in [1.165, 1.54) is 0 Å². The van der Waals surface area contributed by atoms with E-state index in [1.54, 1.807) is 18.0 Å². The molecule has 5 heteroatoms. The number of aromatic nitrogens is 2. The summed E-state index contributed by atoms with van der Waals surface area (Å²) in [6.45, 7) is 0. The Morgan fingerprint density at radius 3 is 2.68 bits per heavy atom. The molecule has 0 atom stereocenters. The zero-order valence-corrected chi connectivity index (χ0v) is 11.1. The second kappa shape index (κ2) is 4.50. The van der Waals surface area contributed by atoms with Crippen molar-refractivity contribution in [3.63, 3.8) is 0 Å². The van der Waals surface area contributed by atoms with Gasteiger partial charge in [0.05, 0.1) is 19.4 Å². The van der Waals surface area contributed by atoms with Gasteiger partial charge < -0.3 is 15.2 Å². The largest absolute Gasteiger partial charge is 0.493 e. The first-order valence-electron chi connectivity index (χ1n) is 6.31. The molecule has 1 saturated carbocycles. The third-order valence-corrected chi connectivity index (χ3v) is 3.28. The van der Waals surface area contributed by atoms with Crippen LogP contribution in [0.3, 0.4) is 0 Å². The molecule has 1 aromatic heterocycles. The molecule has 0 radical (unpaired) electrons. The Morgan fingerprint density at radius 1 is 1.32 bits per heavy atom. The summed E-state index contributed by atoms with van der Waals surface area (Å²) in [5.74, 6) is 2.16. The Hall–Kier alpha value is -2.17. The number of nitrogens with zero attached hydrogens (tertiary/aromatic N) is 2. The van der Waals surface area contributed by atoms with Crippen molar-refractivity contribution in [1.29, 1.82) is 0 Å². The first-order chi connectivity index (χ1) is 9.19. The van der Waals surface area contributed by atoms with Crippen molar-refractivity contribution < 1.29 is 9.47 Å². The molecule has 100 valence electrons. The average Bonchev–Trinajstić information content (AvgIpc) is 3.16. The number of benzene rings is 1. The molecule has 1 heterocycles. The summed E-state index contributed by atoms with van der Waals surface area (Å²) in [5, 5.41) is 4.16. The lowest BCUT2D eigenvalue weighted by Gasteiger charge is -2.11. The lowest BCUT2D eigenvalue weighted by Crippen LogP contribution is -2.00. The fraction of sp³-hybridized carbons (Fsp3) is 0.357. The van der Waals surface area contributed by atoms with Crippen LogP contribution < -0.4 is 15.2 Å². The number of hydrogen-bond acceptors (Lipinski definition) is 4. The van der Waals surface area contributed by atoms with Gasteiger partial charge in [0.2, 0.25) is 0 Å². The maximum Gasteiger partial charge on any atom is 0.162 e. The van der Waals surface area contributed by atoms with Gasteiger partial charge in [-0.25, -0.2) is 0 Å². The number of ether oxygens (including phenoxy) is 2. The molecule has 0 saturated heterocycles. The van der Waals surface area contributed by atoms with Crippen molar-refractivity contribution in [2.24, 2.45) is 7.05 Å². The van der Waals surface area contributed by atoms with Crippen LogP contribution in [0.25, 0.3) is 11.1 Å². The number of anilines is 1. The van der Waals surface area contributed by atoms with E-state index >= 15 is 0 Å². The zero-order chi connectivity index (χ0) is 13.4. The van der Waals surface area contributed by atoms with Crippen LogP contribution in [0.4, 0.5) is 5.82 Å². The van der Waals surface area contributed by atoms with Crippen molar-refractivity contribution in [3.8, 4) is 22.6 Å². The van der Waals surface area contributed by atoms with Gasteiger partial charge in [-0.1, -0.05) is 6.07 Å². The quantitative estimate of drug-likeness (QED) is 0.914. The molecule has 5 nitrogen and oxygen atoms in total. The van der Waals surface area contributed by atoms with Gasteiger partial charge >= 0.3 is 0 Å². The number of hydrogen-bond donors (Lipinski definition) is 1. The first-order valence-corrected chi connectivity index (χ1v) is 6.31. The highest BCUT2D eigenvalue weighted by molar-refractivity contribution is 5.75. The fourth-order valence-electron chi connectivity index (χ4n) is 1.97. The van der Waals surface area contributed by atoms with Gasteiger partial charge in [0.25, 0.3) is 0 Å². The topological polar surface area (TPSA) is 62.3 Å². The van der Waals surface area contributed by atoms with E-state index in [9.17, 15) is 0 Å². The van der Waals surface area contributed by atoms with Crippen LogP contribution in [0, 0.1) is 0 Å². The molecular weight excluding hydrogens is 242 g/mol. The summed E-state index contributed by atoms with van der Waals surface area (Å²) < 4.78 is 12.8. The molecule has 2 aromatic rings. The maximum atomic E-state index is 6.00. The first kappa shape index (κ1) is 11.9. The predicted molar refractivity (Wildman–Crippen MR) is 73.3 cm³/mol. The second-order valence-corrected chi connectivity index (χ2v) is 4.75. The number of methoxy groups -OCH3 is 1. The summed E-state index contributed by atoms with van der Waals surface area (Å²) in [6, 6.07) is 5.83. The van der Waals surface area contributed by atoms with Gasteiger partial charge in [0.15, 0.2) is 11.5 Å². The van der Waals surface area contributed by atoms with Crippen molar-refractivity contribution in [1.82, 2.24) is 9.78 Å². The second-order valence-electron chi connectivity index (χ2n) is 4.75. The minimum Gasteiger partial charge on any atom is -0.493 e. The van der Waals surface area contributed by atoms with Crippen molar-refractivity contribution in [2.45, 2.75) is 18.9 Å². The van der Waals surface area contributed by atoms with E-state index in [0.29, 0.717) is 11.9 Å². The molecule has 3 rings (SSSR count). The summed E-state index contributed by atoms with van der Waals surface area (Å²) in [4.78, 5) is 0. The van der Waals surface area contributed by atoms with E-state index < -0.39 is 0 Å². The van der Waals surface area contributed by atoms with E-state index in [4.69, 9.17) is 15.2 Å². The van der Waals surface area contributed by atoms with Crippen LogP contribution >= 0.6 is 0 Å². The van der Waals surface area contributed by atoms with Gasteiger partial charge in [-0.15, -0.1) is 0 Å². The van der Waals surface area contributed by atoms with Crippen LogP contribution in [-0.2, 0) is 7.05 Å². The summed E-state index contributed by atoms with van der Waals surface area (Å²) >= 11 is 0. The molecule has 1 aromatic carbocycles. The Balaban J connectivity index is 1.99. The molecule has 0 amide bonds. The van der Waals surface area contributed by atoms with Crippen LogP contribution in [0.5, 0.6) is 11.5 Å². The average molecular weight is 259 g/mol. The van der Waals surface area contributed by atoms with Crippen LogP contribution in [-0.4, -0.2) is 23.0 Å². The Labute approximate surface area is 111 Å². The highest BCUT2D eigenvalue weighted by atomic mass is 16.5. The van der Waals surface area contributed by atoms with E-state index in [2.05, 4.69) is 5.10 Å². The number of nitrogen functional groups attached to an aromatic ring is 1. The van der Waals surface area contributed by atoms with Crippen molar-refractivity contribution in [3.05, 3.63) is 24.4 Å². The predicted octanol–water partition coefficient (Wildman–Crippen LogP) is 2.22. The van der Waals surface area contributed by atoms with Gasteiger partial charge in [-0.3, -0.25) is 4.68 Å². The fourth-order valence-corrected chi connectivity index (χ4v) is 1.97. The smallest absolute Gasteiger partial charge is 0.162 e. The van der Waals surface area contributed by atoms with Crippen molar-refractivity contribution in [2.75, 3.05) is 12.8 Å². The summed E-state index contributed by atoms with van der Waals surface area (Å²) in [7, 11) is 3.47. The monoisotopic (exact) mass is 259 g/mol. The highest BCUT2D eigenvalue weighted by Gasteiger charge is 2.25. The lowest BCUT2D eigenvalue weighted by molar-refractivity contribution is 0.282. The van der Waals surface area contributed by atoms with Gasteiger partial charge in [0.1, 0.15) is 5.82 Å². The molecule has 1 fully saturated rings. The van der Waals surface area contributed by atoms with Gasteiger partial charge in [0, 0.05) is 12.6 Å². The lowest BCUT2D eigenvalue weighted by atomic mass is 10.1. The minimum absolute atomic E-state index is 0.329. The molecule has 0 aliphatic heterocycles. The third kappa shape index (κ3) is 2.23. The van der Waals surface area contributed by atoms with Crippen LogP contribution in [0.15, 0.2) is 24.4 Å². The summed E-state index contributed by atoms with van der Waals surface area (Å²) in [5.41, 5.74) is 7.89. The molecule has 19 heavy (non-hydrogen) atoms. The Kier molecular flexibility index (Phi) is 2.81. The SMILES string of the molecule is COc1ccc(-c2cnn(C)c2N)cc1OC1CC1. The van der Waals surface area contributed by atoms with E-state index in [0.717, 1.165) is 35.5 Å². The van der Waals surface area contributed by atoms with Crippen molar-refractivity contribution >= 4 is 5.82 Å². The van der Waals surface area contributed by atoms with E-state index in [1.807, 2.05) is 25.2 Å². The van der Waals surface area contributed by atoms with Gasteiger partial charge in [-0.05, 0) is 30.5 Å². The molecule has 0 unspecified atom stereocenters. The van der Waals surface area contributed by atoms with Crippen LogP contribution in [0.2, 0.25) is 0 Å². The molecule has 1 aliphatic carbocycles. The number of nitrogens with two attached hydrogens (primary N) is 1. The number of rotatable bonds is 4. The molecular formula is C14H17N3O2. The normalized spacial score (nSPS) is 14.4. The maximum absolute atomic E-state index is 6.00. The molecule has 2 N–H and O–H groups in total. The minimum atomic E-state index is 0.329. The van der Waals surface area contributed by atoms with Crippen LogP contribution in [0.1, 0.15) is 12.8 Å². The number of aryl methyl sites for hydroxylation is 1. The Morgan fingerprint density at radius 2 is 2.11 bits per heavy atom. The highest BCUT2D eigenvalue weighted by Crippen LogP contribution is 2.37. The molecule has 1 aliphatic rings. The molecule has 0 bridgehead atoms. The zero-order valence-electron chi connectivity index (χ0n) is 11.1. The molecule has 0 spiro atoms.